The lowest BCUT2D eigenvalue weighted by Crippen LogP contribution is -2.00. The van der Waals surface area contributed by atoms with Crippen LogP contribution in [-0.2, 0) is 0 Å². The quantitative estimate of drug-likeness (QED) is 0.102. The topological polar surface area (TPSA) is 155 Å². The van der Waals surface area contributed by atoms with Gasteiger partial charge in [0.2, 0.25) is 11.4 Å². The van der Waals surface area contributed by atoms with Gasteiger partial charge in [-0.1, -0.05) is 358 Å². The predicted octanol–water partition coefficient (Wildman–Crippen LogP) is 26.8. The van der Waals surface area contributed by atoms with E-state index >= 15 is 0 Å². The third-order valence-corrected chi connectivity index (χ3v) is 21.7. The lowest BCUT2D eigenvalue weighted by Gasteiger charge is -2.10. The normalized spacial score (nSPS) is 11.4. The molecule has 15 aromatic carbocycles. The highest BCUT2D eigenvalue weighted by Gasteiger charge is 2.22. The van der Waals surface area contributed by atoms with E-state index in [1.165, 1.54) is 11.1 Å². The number of fused-ring (bicyclic) bond motifs is 8. The Bertz CT molecular complexity index is 7440. The fraction of sp³-hybridized carbons (Fsp3) is 0. The fourth-order valence-electron chi connectivity index (χ4n) is 15.5. The number of nitrogens with zero attached hydrogens (tertiary/aromatic N) is 10. The monoisotopic (exact) mass is 1510 g/mol. The number of rotatable bonds is 14. The number of aromatic nitrogens is 10. The molecule has 22 aromatic rings. The zero-order chi connectivity index (χ0) is 78.2. The van der Waals surface area contributed by atoms with Gasteiger partial charge >= 0.3 is 0 Å². The van der Waals surface area contributed by atoms with Crippen LogP contribution < -0.4 is 0 Å². The molecule has 0 aliphatic heterocycles. The maximum absolute atomic E-state index is 6.33. The van der Waals surface area contributed by atoms with Crippen LogP contribution in [0.25, 0.3) is 224 Å². The molecule has 0 atom stereocenters. The van der Waals surface area contributed by atoms with Gasteiger partial charge in [0.05, 0.1) is 27.5 Å². The summed E-state index contributed by atoms with van der Waals surface area (Å²) in [6.07, 6.45) is 1.82. The summed E-state index contributed by atoms with van der Waals surface area (Å²) in [4.78, 5) is 48.9. The number of pyridine rings is 2. The van der Waals surface area contributed by atoms with Crippen LogP contribution in [0.3, 0.4) is 0 Å². The molecule has 0 radical (unpaired) electrons. The van der Waals surface area contributed by atoms with Crippen molar-refractivity contribution in [3.8, 4) is 157 Å². The number of benzene rings is 15. The molecular formula is C106H66N10O2. The maximum atomic E-state index is 6.33. The third-order valence-electron chi connectivity index (χ3n) is 21.7. The van der Waals surface area contributed by atoms with E-state index in [1.807, 2.05) is 134 Å². The zero-order valence-electron chi connectivity index (χ0n) is 63.4. The SMILES string of the molecule is c1ccc(-c2ccc(-c3nc(-c4ccccc4)nc(-c4ccc(-c5ccc(-c6ccc(-c7c8ncccc8nc8oc9ccccc9c78)cc6)cc5)cc4)n3)cc2)cc1.c1ccc(-c2ccc(-c3nc(-c4ccccc4)nc(-c4ccc(-c5ccc(-c6ccc(-c7cccc8c7oc7nc9ccccc9nc78)cc6)cc5)cc4)n3)cc2)cc1. The first kappa shape index (κ1) is 69.7. The van der Waals surface area contributed by atoms with Gasteiger partial charge in [0.1, 0.15) is 16.7 Å². The molecular weight excluding hydrogens is 1450 g/mol. The van der Waals surface area contributed by atoms with E-state index in [0.29, 0.717) is 46.4 Å². The van der Waals surface area contributed by atoms with Crippen molar-refractivity contribution in [3.05, 3.63) is 401 Å². The molecule has 0 saturated heterocycles. The molecule has 0 unspecified atom stereocenters. The second-order valence-electron chi connectivity index (χ2n) is 29.0. The number of furan rings is 2. The van der Waals surface area contributed by atoms with Crippen molar-refractivity contribution in [1.82, 2.24) is 49.8 Å². The summed E-state index contributed by atoms with van der Waals surface area (Å²) >= 11 is 0. The van der Waals surface area contributed by atoms with E-state index in [4.69, 9.17) is 58.7 Å². The van der Waals surface area contributed by atoms with Gasteiger partial charge in [-0.15, -0.1) is 0 Å². The molecule has 0 saturated carbocycles. The molecule has 0 spiro atoms. The molecule has 12 heteroatoms. The average Bonchev–Trinajstić information content (AvgIpc) is 1.57. The van der Waals surface area contributed by atoms with E-state index in [1.54, 1.807) is 0 Å². The van der Waals surface area contributed by atoms with Crippen molar-refractivity contribution in [2.75, 3.05) is 0 Å². The standard InChI is InChI=1S/2C53H33N5O/c1-3-10-34(11-4-1)35-24-30-42(31-25-35)51-56-50(41-12-5-2-6-13-41)57-52(58-51)43-32-26-39(27-33-43)37-20-18-36(19-21-37)38-22-28-40(29-23-38)44-14-9-15-45-48-53(59-49(44)45)55-47-17-8-7-16-46(47)54-48;1-3-10-34(11-4-1)35-23-29-42(30-24-35)51-56-50(41-12-5-2-6-13-41)57-52(58-51)43-31-25-39(26-32-43)37-19-17-36(18-20-37)38-21-27-40(28-22-38)47-48-44-14-7-8-16-46(44)59-53(48)55-45-15-9-33-54-49(45)47/h2*1-33H. The van der Waals surface area contributed by atoms with Crippen molar-refractivity contribution >= 4 is 66.3 Å². The van der Waals surface area contributed by atoms with Crippen LogP contribution in [0.15, 0.2) is 409 Å². The molecule has 0 N–H and O–H groups in total. The molecule has 0 bridgehead atoms. The zero-order valence-corrected chi connectivity index (χ0v) is 63.4. The highest BCUT2D eigenvalue weighted by Crippen LogP contribution is 2.42. The second kappa shape index (κ2) is 30.4. The van der Waals surface area contributed by atoms with Gasteiger partial charge in [-0.05, 0) is 114 Å². The van der Waals surface area contributed by atoms with Crippen LogP contribution in [-0.4, -0.2) is 49.8 Å². The Labute approximate surface area is 678 Å². The van der Waals surface area contributed by atoms with Crippen molar-refractivity contribution in [1.29, 1.82) is 0 Å². The van der Waals surface area contributed by atoms with E-state index in [-0.39, 0.29) is 0 Å². The number of hydrogen-bond acceptors (Lipinski definition) is 12. The minimum absolute atomic E-state index is 0.551. The lowest BCUT2D eigenvalue weighted by molar-refractivity contribution is 0.655. The van der Waals surface area contributed by atoms with Crippen molar-refractivity contribution in [2.24, 2.45) is 0 Å². The van der Waals surface area contributed by atoms with Crippen LogP contribution in [0.5, 0.6) is 0 Å². The van der Waals surface area contributed by atoms with Crippen LogP contribution >= 0.6 is 0 Å². The predicted molar refractivity (Wildman–Crippen MR) is 477 cm³/mol. The van der Waals surface area contributed by atoms with E-state index in [2.05, 4.69) is 267 Å². The largest absolute Gasteiger partial charge is 0.438 e. The van der Waals surface area contributed by atoms with Crippen LogP contribution in [0.1, 0.15) is 0 Å². The Morgan fingerprint density at radius 3 is 0.881 bits per heavy atom. The van der Waals surface area contributed by atoms with Gasteiger partial charge in [-0.25, -0.2) is 44.9 Å². The summed E-state index contributed by atoms with van der Waals surface area (Å²) in [6.45, 7) is 0. The Balaban J connectivity index is 0.000000147. The van der Waals surface area contributed by atoms with E-state index < -0.39 is 0 Å². The Morgan fingerprint density at radius 2 is 0.475 bits per heavy atom. The van der Waals surface area contributed by atoms with Crippen LogP contribution in [0, 0.1) is 0 Å². The van der Waals surface area contributed by atoms with Crippen LogP contribution in [0.2, 0.25) is 0 Å². The second-order valence-corrected chi connectivity index (χ2v) is 29.0. The van der Waals surface area contributed by atoms with E-state index in [0.717, 1.165) is 166 Å². The van der Waals surface area contributed by atoms with Crippen LogP contribution in [0.4, 0.5) is 0 Å². The first-order valence-corrected chi connectivity index (χ1v) is 39.1. The van der Waals surface area contributed by atoms with Gasteiger partial charge in [-0.2, -0.15) is 0 Å². The maximum Gasteiger partial charge on any atom is 0.246 e. The summed E-state index contributed by atoms with van der Waals surface area (Å²) in [5, 5.41) is 2.98. The van der Waals surface area contributed by atoms with Gasteiger partial charge < -0.3 is 8.83 Å². The molecule has 7 heterocycles. The van der Waals surface area contributed by atoms with Crippen molar-refractivity contribution in [3.63, 3.8) is 0 Å². The third kappa shape index (κ3) is 13.7. The minimum atomic E-state index is 0.551. The average molecular weight is 1510 g/mol. The molecule has 0 aliphatic rings. The molecule has 0 fully saturated rings. The Morgan fingerprint density at radius 1 is 0.178 bits per heavy atom. The highest BCUT2D eigenvalue weighted by atomic mass is 16.3. The van der Waals surface area contributed by atoms with Gasteiger partial charge in [-0.3, -0.25) is 4.98 Å². The molecule has 118 heavy (non-hydrogen) atoms. The Kier molecular flexibility index (Phi) is 18.0. The summed E-state index contributed by atoms with van der Waals surface area (Å²) in [5.74, 6) is 3.81. The molecule has 0 aliphatic carbocycles. The summed E-state index contributed by atoms with van der Waals surface area (Å²) in [6, 6.07) is 135. The van der Waals surface area contributed by atoms with Crippen molar-refractivity contribution in [2.45, 2.75) is 0 Å². The lowest BCUT2D eigenvalue weighted by atomic mass is 9.95. The van der Waals surface area contributed by atoms with Gasteiger partial charge in [0, 0.05) is 61.5 Å². The number of hydrogen-bond donors (Lipinski definition) is 0. The van der Waals surface area contributed by atoms with E-state index in [9.17, 15) is 0 Å². The highest BCUT2D eigenvalue weighted by molar-refractivity contribution is 6.18. The van der Waals surface area contributed by atoms with Crippen molar-refractivity contribution < 1.29 is 8.83 Å². The summed E-state index contributed by atoms with van der Waals surface area (Å²) < 4.78 is 12.5. The number of para-hydroxylation sites is 4. The summed E-state index contributed by atoms with van der Waals surface area (Å²) in [7, 11) is 0. The summed E-state index contributed by atoms with van der Waals surface area (Å²) in [5.41, 5.74) is 30.3. The smallest absolute Gasteiger partial charge is 0.246 e. The first-order valence-electron chi connectivity index (χ1n) is 39.1. The first-order chi connectivity index (χ1) is 58.4. The van der Waals surface area contributed by atoms with Gasteiger partial charge in [0.15, 0.2) is 34.9 Å². The molecule has 7 aromatic heterocycles. The molecule has 552 valence electrons. The molecule has 0 amide bonds. The molecule has 22 rings (SSSR count). The minimum Gasteiger partial charge on any atom is -0.438 e. The molecule has 12 nitrogen and oxygen atoms in total. The van der Waals surface area contributed by atoms with Gasteiger partial charge in [0.25, 0.3) is 0 Å². The fourth-order valence-corrected chi connectivity index (χ4v) is 15.5. The Hall–Kier alpha value is -16.2.